The van der Waals surface area contributed by atoms with Crippen LogP contribution >= 0.6 is 0 Å². The van der Waals surface area contributed by atoms with E-state index in [4.69, 9.17) is 9.47 Å². The number of anilines is 1. The quantitative estimate of drug-likeness (QED) is 0.782. The van der Waals surface area contributed by atoms with E-state index in [9.17, 15) is 4.79 Å². The summed E-state index contributed by atoms with van der Waals surface area (Å²) in [5.74, 6) is 1.41. The van der Waals surface area contributed by atoms with Gasteiger partial charge in [0.25, 0.3) is 0 Å². The zero-order chi connectivity index (χ0) is 16.5. The van der Waals surface area contributed by atoms with E-state index in [2.05, 4.69) is 12.2 Å². The Hall–Kier alpha value is -2.75. The molecule has 4 heteroatoms. The fourth-order valence-corrected chi connectivity index (χ4v) is 1.93. The van der Waals surface area contributed by atoms with Crippen LogP contribution in [0.2, 0.25) is 0 Å². The Kier molecular flexibility index (Phi) is 6.24. The first-order valence-electron chi connectivity index (χ1n) is 7.57. The first-order chi connectivity index (χ1) is 11.2. The minimum absolute atomic E-state index is 0.179. The highest BCUT2D eigenvalue weighted by atomic mass is 16.5. The third-order valence-corrected chi connectivity index (χ3v) is 3.14. The maximum atomic E-state index is 11.9. The molecular weight excluding hydrogens is 290 g/mol. The minimum atomic E-state index is -0.179. The van der Waals surface area contributed by atoms with Gasteiger partial charge in [0.15, 0.2) is 0 Å². The zero-order valence-electron chi connectivity index (χ0n) is 13.4. The van der Waals surface area contributed by atoms with Gasteiger partial charge in [0.05, 0.1) is 13.7 Å². The third kappa shape index (κ3) is 5.51. The minimum Gasteiger partial charge on any atom is -0.497 e. The van der Waals surface area contributed by atoms with E-state index >= 15 is 0 Å². The molecule has 2 aromatic rings. The zero-order valence-corrected chi connectivity index (χ0v) is 13.4. The van der Waals surface area contributed by atoms with Gasteiger partial charge in [0.2, 0.25) is 5.91 Å². The van der Waals surface area contributed by atoms with Gasteiger partial charge in [-0.05, 0) is 54.5 Å². The highest BCUT2D eigenvalue weighted by molar-refractivity contribution is 6.01. The number of carbonyl (C=O) groups is 1. The van der Waals surface area contributed by atoms with Crippen molar-refractivity contribution in [1.29, 1.82) is 0 Å². The summed E-state index contributed by atoms with van der Waals surface area (Å²) in [6.45, 7) is 2.78. The normalized spacial score (nSPS) is 10.5. The summed E-state index contributed by atoms with van der Waals surface area (Å²) >= 11 is 0. The Bertz CT molecular complexity index is 645. The molecule has 0 saturated carbocycles. The summed E-state index contributed by atoms with van der Waals surface area (Å²) in [4.78, 5) is 11.9. The average Bonchev–Trinajstić information content (AvgIpc) is 2.59. The van der Waals surface area contributed by atoms with Gasteiger partial charge in [-0.2, -0.15) is 0 Å². The van der Waals surface area contributed by atoms with Gasteiger partial charge in [-0.1, -0.05) is 19.1 Å². The summed E-state index contributed by atoms with van der Waals surface area (Å²) in [5, 5.41) is 2.80. The molecule has 0 fully saturated rings. The molecule has 1 N–H and O–H groups in total. The Labute approximate surface area is 136 Å². The molecule has 0 bridgehead atoms. The summed E-state index contributed by atoms with van der Waals surface area (Å²) in [6, 6.07) is 14.8. The SMILES string of the molecule is CCCOc1ccc(C=CC(=O)Nc2ccc(OC)cc2)cc1. The summed E-state index contributed by atoms with van der Waals surface area (Å²) in [7, 11) is 1.61. The Morgan fingerprint density at radius 3 is 2.30 bits per heavy atom. The van der Waals surface area contributed by atoms with Crippen molar-refractivity contribution in [1.82, 2.24) is 0 Å². The Morgan fingerprint density at radius 1 is 1.04 bits per heavy atom. The van der Waals surface area contributed by atoms with Gasteiger partial charge >= 0.3 is 0 Å². The number of benzene rings is 2. The lowest BCUT2D eigenvalue weighted by Gasteiger charge is -2.04. The van der Waals surface area contributed by atoms with Crippen molar-refractivity contribution in [2.75, 3.05) is 19.0 Å². The lowest BCUT2D eigenvalue weighted by atomic mass is 10.2. The second-order valence-corrected chi connectivity index (χ2v) is 4.97. The fraction of sp³-hybridized carbons (Fsp3) is 0.211. The Balaban J connectivity index is 1.89. The molecule has 1 amide bonds. The van der Waals surface area contributed by atoms with E-state index in [-0.39, 0.29) is 5.91 Å². The van der Waals surface area contributed by atoms with Crippen molar-refractivity contribution in [2.45, 2.75) is 13.3 Å². The van der Waals surface area contributed by atoms with E-state index < -0.39 is 0 Å². The molecule has 0 aromatic heterocycles. The lowest BCUT2D eigenvalue weighted by molar-refractivity contribution is -0.111. The number of nitrogens with one attached hydrogen (secondary N) is 1. The van der Waals surface area contributed by atoms with Crippen molar-refractivity contribution in [3.8, 4) is 11.5 Å². The van der Waals surface area contributed by atoms with E-state index in [0.717, 1.165) is 29.2 Å². The molecule has 0 aliphatic carbocycles. The number of methoxy groups -OCH3 is 1. The number of amides is 1. The molecule has 0 heterocycles. The van der Waals surface area contributed by atoms with Crippen LogP contribution in [0.25, 0.3) is 6.08 Å². The first-order valence-corrected chi connectivity index (χ1v) is 7.57. The van der Waals surface area contributed by atoms with Crippen molar-refractivity contribution >= 4 is 17.7 Å². The van der Waals surface area contributed by atoms with E-state index in [1.54, 1.807) is 37.5 Å². The van der Waals surface area contributed by atoms with E-state index in [1.165, 1.54) is 6.08 Å². The number of hydrogen-bond donors (Lipinski definition) is 1. The number of carbonyl (C=O) groups excluding carboxylic acids is 1. The summed E-state index contributed by atoms with van der Waals surface area (Å²) in [6.07, 6.45) is 4.25. The van der Waals surface area contributed by atoms with Gasteiger partial charge in [-0.15, -0.1) is 0 Å². The van der Waals surface area contributed by atoms with Crippen molar-refractivity contribution in [3.63, 3.8) is 0 Å². The Morgan fingerprint density at radius 2 is 1.70 bits per heavy atom. The topological polar surface area (TPSA) is 47.6 Å². The molecule has 0 atom stereocenters. The molecule has 23 heavy (non-hydrogen) atoms. The van der Waals surface area contributed by atoms with Crippen LogP contribution in [0, 0.1) is 0 Å². The van der Waals surface area contributed by atoms with Crippen LogP contribution in [0.15, 0.2) is 54.6 Å². The van der Waals surface area contributed by atoms with Gasteiger partial charge in [-0.3, -0.25) is 4.79 Å². The fourth-order valence-electron chi connectivity index (χ4n) is 1.93. The molecule has 0 aliphatic heterocycles. The first kappa shape index (κ1) is 16.6. The number of ether oxygens (including phenoxy) is 2. The second-order valence-electron chi connectivity index (χ2n) is 4.97. The predicted octanol–water partition coefficient (Wildman–Crippen LogP) is 4.14. The van der Waals surface area contributed by atoms with Gasteiger partial charge < -0.3 is 14.8 Å². The second kappa shape index (κ2) is 8.63. The summed E-state index contributed by atoms with van der Waals surface area (Å²) in [5.41, 5.74) is 1.67. The van der Waals surface area contributed by atoms with Crippen LogP contribution in [0.3, 0.4) is 0 Å². The largest absolute Gasteiger partial charge is 0.497 e. The molecule has 0 radical (unpaired) electrons. The van der Waals surface area contributed by atoms with E-state index in [1.807, 2.05) is 24.3 Å². The van der Waals surface area contributed by atoms with Crippen LogP contribution < -0.4 is 14.8 Å². The van der Waals surface area contributed by atoms with Gasteiger partial charge in [0.1, 0.15) is 11.5 Å². The van der Waals surface area contributed by atoms with Crippen molar-refractivity contribution in [3.05, 3.63) is 60.2 Å². The number of rotatable bonds is 7. The molecule has 0 aliphatic rings. The van der Waals surface area contributed by atoms with Crippen molar-refractivity contribution < 1.29 is 14.3 Å². The standard InChI is InChI=1S/C19H21NO3/c1-3-14-23-18-9-4-15(5-10-18)6-13-19(21)20-16-7-11-17(22-2)12-8-16/h4-13H,3,14H2,1-2H3,(H,20,21). The third-order valence-electron chi connectivity index (χ3n) is 3.14. The highest BCUT2D eigenvalue weighted by Gasteiger charge is 1.99. The molecule has 0 saturated heterocycles. The molecule has 2 aromatic carbocycles. The summed E-state index contributed by atoms with van der Waals surface area (Å²) < 4.78 is 10.6. The van der Waals surface area contributed by atoms with Crippen LogP contribution in [0.4, 0.5) is 5.69 Å². The van der Waals surface area contributed by atoms with Gasteiger partial charge in [-0.25, -0.2) is 0 Å². The highest BCUT2D eigenvalue weighted by Crippen LogP contribution is 2.16. The predicted molar refractivity (Wildman–Crippen MR) is 92.9 cm³/mol. The maximum absolute atomic E-state index is 11.9. The molecular formula is C19H21NO3. The van der Waals surface area contributed by atoms with Crippen LogP contribution in [-0.2, 0) is 4.79 Å². The molecule has 2 rings (SSSR count). The van der Waals surface area contributed by atoms with E-state index in [0.29, 0.717) is 6.61 Å². The monoisotopic (exact) mass is 311 g/mol. The van der Waals surface area contributed by atoms with Crippen molar-refractivity contribution in [2.24, 2.45) is 0 Å². The molecule has 4 nitrogen and oxygen atoms in total. The number of hydrogen-bond acceptors (Lipinski definition) is 3. The molecule has 0 spiro atoms. The molecule has 120 valence electrons. The maximum Gasteiger partial charge on any atom is 0.248 e. The van der Waals surface area contributed by atoms with Gasteiger partial charge in [0, 0.05) is 11.8 Å². The molecule has 0 unspecified atom stereocenters. The van der Waals surface area contributed by atoms with Crippen LogP contribution in [0.1, 0.15) is 18.9 Å². The smallest absolute Gasteiger partial charge is 0.248 e. The lowest BCUT2D eigenvalue weighted by Crippen LogP contribution is -2.07. The van der Waals surface area contributed by atoms with Crippen LogP contribution in [-0.4, -0.2) is 19.6 Å². The van der Waals surface area contributed by atoms with Crippen LogP contribution in [0.5, 0.6) is 11.5 Å². The average molecular weight is 311 g/mol.